The SMILES string of the molecule is C=CC(=O)Nc1cc(N=C/C=C(\N=C)OC2CN(c3cnc4c(cnn4C)c3)C2)c(OC)cc1N1CCC(N(C)C)CC1.CN. The van der Waals surface area contributed by atoms with E-state index in [2.05, 4.69) is 79.3 Å². The number of benzene rings is 1. The van der Waals surface area contributed by atoms with Crippen molar-refractivity contribution < 1.29 is 14.3 Å². The largest absolute Gasteiger partial charge is 0.494 e. The van der Waals surface area contributed by atoms with Crippen molar-refractivity contribution in [1.29, 1.82) is 0 Å². The number of methoxy groups -OCH3 is 1. The Bertz CT molecular complexity index is 1550. The second kappa shape index (κ2) is 15.3. The van der Waals surface area contributed by atoms with Crippen molar-refractivity contribution in [2.24, 2.45) is 22.8 Å². The molecule has 2 aliphatic rings. The van der Waals surface area contributed by atoms with Crippen molar-refractivity contribution in [1.82, 2.24) is 19.7 Å². The van der Waals surface area contributed by atoms with Crippen LogP contribution in [-0.2, 0) is 16.6 Å². The third-order valence-electron chi connectivity index (χ3n) is 7.92. The van der Waals surface area contributed by atoms with Gasteiger partial charge in [-0.25, -0.2) is 9.98 Å². The van der Waals surface area contributed by atoms with E-state index in [1.54, 1.807) is 24.1 Å². The number of fused-ring (bicyclic) bond motifs is 1. The Labute approximate surface area is 264 Å². The minimum Gasteiger partial charge on any atom is -0.494 e. The molecule has 3 aromatic rings. The van der Waals surface area contributed by atoms with Gasteiger partial charge in [0.1, 0.15) is 17.5 Å². The maximum absolute atomic E-state index is 12.3. The summed E-state index contributed by atoms with van der Waals surface area (Å²) < 4.78 is 13.5. The van der Waals surface area contributed by atoms with E-state index in [1.807, 2.05) is 31.6 Å². The molecule has 0 atom stereocenters. The van der Waals surface area contributed by atoms with Crippen LogP contribution in [0.15, 0.2) is 65.2 Å². The average Bonchev–Trinajstić information content (AvgIpc) is 3.42. The number of hydrogen-bond donors (Lipinski definition) is 2. The summed E-state index contributed by atoms with van der Waals surface area (Å²) in [5.74, 6) is 0.671. The maximum Gasteiger partial charge on any atom is 0.247 e. The third-order valence-corrected chi connectivity index (χ3v) is 7.92. The summed E-state index contributed by atoms with van der Waals surface area (Å²) in [4.78, 5) is 32.2. The molecule has 1 aromatic carbocycles. The molecular formula is C32H44N10O3. The second-order valence-corrected chi connectivity index (χ2v) is 10.9. The van der Waals surface area contributed by atoms with Crippen LogP contribution in [0, 0.1) is 0 Å². The van der Waals surface area contributed by atoms with Crippen LogP contribution in [0.2, 0.25) is 0 Å². The summed E-state index contributed by atoms with van der Waals surface area (Å²) in [6, 6.07) is 6.36. The fraction of sp³-hybridized carbons (Fsp3) is 0.406. The zero-order chi connectivity index (χ0) is 32.5. The first-order valence-corrected chi connectivity index (χ1v) is 14.8. The summed E-state index contributed by atoms with van der Waals surface area (Å²) in [6.07, 6.45) is 10.2. The predicted molar refractivity (Wildman–Crippen MR) is 182 cm³/mol. The molecule has 45 heavy (non-hydrogen) atoms. The molecule has 1 amide bonds. The molecule has 0 radical (unpaired) electrons. The fourth-order valence-electron chi connectivity index (χ4n) is 5.40. The van der Waals surface area contributed by atoms with Crippen molar-refractivity contribution in [3.05, 3.63) is 55.2 Å². The highest BCUT2D eigenvalue weighted by molar-refractivity contribution is 6.02. The number of nitrogens with zero attached hydrogens (tertiary/aromatic N) is 8. The quantitative estimate of drug-likeness (QED) is 0.189. The topological polar surface area (TPSA) is 139 Å². The number of allylic oxidation sites excluding steroid dienone is 1. The fourth-order valence-corrected chi connectivity index (χ4v) is 5.40. The first-order chi connectivity index (χ1) is 21.8. The minimum atomic E-state index is -0.290. The van der Waals surface area contributed by atoms with E-state index >= 15 is 0 Å². The number of carbonyl (C=O) groups excluding carboxylic acids is 1. The molecule has 2 fully saturated rings. The normalized spacial score (nSPS) is 15.9. The number of aliphatic imine (C=N–C) groups is 2. The van der Waals surface area contributed by atoms with Gasteiger partial charge in [0.05, 0.1) is 49.7 Å². The zero-order valence-electron chi connectivity index (χ0n) is 26.8. The van der Waals surface area contributed by atoms with Crippen molar-refractivity contribution in [3.8, 4) is 5.75 Å². The summed E-state index contributed by atoms with van der Waals surface area (Å²) in [5, 5.41) is 8.20. The van der Waals surface area contributed by atoms with E-state index in [0.717, 1.165) is 48.3 Å². The first-order valence-electron chi connectivity index (χ1n) is 14.8. The molecule has 2 saturated heterocycles. The number of aromatic nitrogens is 3. The number of nitrogens with one attached hydrogen (secondary N) is 1. The monoisotopic (exact) mass is 616 g/mol. The van der Waals surface area contributed by atoms with Gasteiger partial charge in [-0.1, -0.05) is 6.58 Å². The number of ether oxygens (including phenoxy) is 2. The standard InChI is InChI=1S/C31H39N9O3.CH5N/c1-7-29(41)36-25-15-26(28(42-6)16-27(25)39-12-9-22(10-13-39)37(3)4)33-11-8-30(32-2)43-24-19-40(20-24)23-14-21-17-35-38(5)31(21)34-18-23;1-2/h7-8,11,14-18,22,24H,1-2,9-10,12-13,19-20H2,3-6H3,(H,36,41);2H2,1H3/b30-8+,33-11?;. The molecule has 0 aliphatic carbocycles. The number of rotatable bonds is 11. The van der Waals surface area contributed by atoms with Crippen LogP contribution in [-0.4, -0.2) is 105 Å². The lowest BCUT2D eigenvalue weighted by Gasteiger charge is -2.40. The van der Waals surface area contributed by atoms with Crippen LogP contribution in [0.4, 0.5) is 22.7 Å². The zero-order valence-corrected chi connectivity index (χ0v) is 26.8. The summed E-state index contributed by atoms with van der Waals surface area (Å²) in [7, 11) is 9.21. The number of anilines is 3. The Balaban J connectivity index is 0.00000226. The molecule has 0 bridgehead atoms. The van der Waals surface area contributed by atoms with Crippen LogP contribution < -0.4 is 25.6 Å². The van der Waals surface area contributed by atoms with E-state index < -0.39 is 0 Å². The highest BCUT2D eigenvalue weighted by Crippen LogP contribution is 2.40. The molecule has 4 heterocycles. The van der Waals surface area contributed by atoms with Gasteiger partial charge in [-0.3, -0.25) is 14.5 Å². The molecule has 2 aliphatic heterocycles. The van der Waals surface area contributed by atoms with Crippen LogP contribution in [0.3, 0.4) is 0 Å². The Morgan fingerprint density at radius 2 is 1.89 bits per heavy atom. The Hall–Kier alpha value is -4.75. The van der Waals surface area contributed by atoms with Gasteiger partial charge in [-0.05, 0) is 58.9 Å². The van der Waals surface area contributed by atoms with E-state index in [9.17, 15) is 4.79 Å². The molecule has 3 N–H and O–H groups in total. The van der Waals surface area contributed by atoms with Crippen molar-refractivity contribution in [3.63, 3.8) is 0 Å². The van der Waals surface area contributed by atoms with Gasteiger partial charge < -0.3 is 35.2 Å². The smallest absolute Gasteiger partial charge is 0.247 e. The van der Waals surface area contributed by atoms with Crippen LogP contribution in [0.25, 0.3) is 11.0 Å². The van der Waals surface area contributed by atoms with Crippen molar-refractivity contribution in [2.45, 2.75) is 25.0 Å². The molecule has 240 valence electrons. The molecule has 13 nitrogen and oxygen atoms in total. The number of pyridine rings is 1. The van der Waals surface area contributed by atoms with Crippen molar-refractivity contribution in [2.75, 3.05) is 69.5 Å². The van der Waals surface area contributed by atoms with Crippen LogP contribution in [0.5, 0.6) is 5.75 Å². The lowest BCUT2D eigenvalue weighted by atomic mass is 10.0. The first kappa shape index (κ1) is 33.1. The third kappa shape index (κ3) is 7.86. The Morgan fingerprint density at radius 1 is 1.16 bits per heavy atom. The van der Waals surface area contributed by atoms with Gasteiger partial charge in [0.15, 0.2) is 5.65 Å². The molecular weight excluding hydrogens is 572 g/mol. The van der Waals surface area contributed by atoms with E-state index in [4.69, 9.17) is 9.47 Å². The van der Waals surface area contributed by atoms with Gasteiger partial charge in [-0.15, -0.1) is 0 Å². The number of hydrogen-bond acceptors (Lipinski definition) is 11. The molecule has 13 heteroatoms. The average molecular weight is 617 g/mol. The Kier molecular flexibility index (Phi) is 11.3. The highest BCUT2D eigenvalue weighted by Gasteiger charge is 2.30. The molecule has 0 unspecified atom stereocenters. The predicted octanol–water partition coefficient (Wildman–Crippen LogP) is 3.36. The second-order valence-electron chi connectivity index (χ2n) is 10.9. The number of amides is 1. The van der Waals surface area contributed by atoms with E-state index in [1.165, 1.54) is 13.1 Å². The van der Waals surface area contributed by atoms with Gasteiger partial charge in [0, 0.05) is 49.9 Å². The number of nitrogens with two attached hydrogens (primary N) is 1. The van der Waals surface area contributed by atoms with E-state index in [-0.39, 0.29) is 12.0 Å². The summed E-state index contributed by atoms with van der Waals surface area (Å²) in [6.45, 7) is 10.4. The van der Waals surface area contributed by atoms with Gasteiger partial charge in [0.2, 0.25) is 11.8 Å². The Morgan fingerprint density at radius 3 is 2.53 bits per heavy atom. The number of aryl methyl sites for hydroxylation is 1. The summed E-state index contributed by atoms with van der Waals surface area (Å²) in [5.41, 5.74) is 8.47. The van der Waals surface area contributed by atoms with Gasteiger partial charge in [0.25, 0.3) is 0 Å². The number of carbonyl (C=O) groups is 1. The lowest BCUT2D eigenvalue weighted by molar-refractivity contribution is -0.111. The van der Waals surface area contributed by atoms with Crippen LogP contribution >= 0.6 is 0 Å². The van der Waals surface area contributed by atoms with Crippen molar-refractivity contribution >= 4 is 52.6 Å². The summed E-state index contributed by atoms with van der Waals surface area (Å²) >= 11 is 0. The lowest BCUT2D eigenvalue weighted by Crippen LogP contribution is -2.52. The van der Waals surface area contributed by atoms with E-state index in [0.29, 0.717) is 42.1 Å². The molecule has 0 spiro atoms. The molecule has 2 aromatic heterocycles. The molecule has 0 saturated carbocycles. The number of piperidine rings is 1. The molecule has 5 rings (SSSR count). The van der Waals surface area contributed by atoms with Gasteiger partial charge in [-0.2, -0.15) is 5.10 Å². The maximum atomic E-state index is 12.3. The van der Waals surface area contributed by atoms with Gasteiger partial charge >= 0.3 is 0 Å². The minimum absolute atomic E-state index is 0.0408. The van der Waals surface area contributed by atoms with Crippen LogP contribution in [0.1, 0.15) is 12.8 Å². The highest BCUT2D eigenvalue weighted by atomic mass is 16.5.